The molecule has 1 aliphatic rings. The molecule has 0 aliphatic carbocycles. The van der Waals surface area contributed by atoms with E-state index >= 15 is 0 Å². The first-order chi connectivity index (χ1) is 25.0. The van der Waals surface area contributed by atoms with Crippen LogP contribution in [0.4, 0.5) is 0 Å². The Bertz CT molecular complexity index is 1460. The van der Waals surface area contributed by atoms with Crippen molar-refractivity contribution in [1.82, 2.24) is 36.8 Å². The van der Waals surface area contributed by atoms with E-state index in [1.165, 1.54) is 29.2 Å². The van der Waals surface area contributed by atoms with Gasteiger partial charge in [-0.1, -0.05) is 26.0 Å². The Kier molecular flexibility index (Phi) is 17.9. The van der Waals surface area contributed by atoms with Crippen LogP contribution in [0.1, 0.15) is 51.5 Å². The fourth-order valence-corrected chi connectivity index (χ4v) is 5.53. The summed E-state index contributed by atoms with van der Waals surface area (Å²) < 4.78 is 0. The number of rotatable bonds is 21. The van der Waals surface area contributed by atoms with Crippen LogP contribution in [-0.2, 0) is 40.0 Å². The lowest BCUT2D eigenvalue weighted by Gasteiger charge is -2.30. The van der Waals surface area contributed by atoms with Gasteiger partial charge in [-0.05, 0) is 55.7 Å². The van der Waals surface area contributed by atoms with Crippen LogP contribution in [0.2, 0.25) is 0 Å². The van der Waals surface area contributed by atoms with Crippen LogP contribution in [0.3, 0.4) is 0 Å². The smallest absolute Gasteiger partial charge is 0.245 e. The van der Waals surface area contributed by atoms with Crippen molar-refractivity contribution >= 4 is 47.3 Å². The SMILES string of the molecule is CC(C)CC(NC(=O)CNC(=O)C(Cc1ccc(O)cc1)NC(=O)C(N)CO)C(=O)NC(CCCNC(=N)N)C(=O)N1CCCC1C(=O)NCC(N)=O. The van der Waals surface area contributed by atoms with Gasteiger partial charge >= 0.3 is 0 Å². The average Bonchev–Trinajstić information content (AvgIpc) is 3.60. The molecule has 1 aliphatic heterocycles. The summed E-state index contributed by atoms with van der Waals surface area (Å²) >= 11 is 0. The summed E-state index contributed by atoms with van der Waals surface area (Å²) in [7, 11) is 0. The molecule has 0 bridgehead atoms. The molecule has 1 saturated heterocycles. The van der Waals surface area contributed by atoms with Crippen LogP contribution in [0.25, 0.3) is 0 Å². The van der Waals surface area contributed by atoms with Crippen LogP contribution in [-0.4, -0.2) is 125 Å². The van der Waals surface area contributed by atoms with E-state index in [4.69, 9.17) is 22.6 Å². The number of phenols is 1. The zero-order valence-corrected chi connectivity index (χ0v) is 30.0. The Morgan fingerprint density at radius 2 is 1.55 bits per heavy atom. The Balaban J connectivity index is 2.18. The molecule has 20 heteroatoms. The normalized spacial score (nSPS) is 16.0. The molecule has 2 rings (SSSR count). The van der Waals surface area contributed by atoms with Gasteiger partial charge in [0.25, 0.3) is 0 Å². The van der Waals surface area contributed by atoms with E-state index in [9.17, 15) is 43.8 Å². The molecule has 294 valence electrons. The molecule has 0 aromatic heterocycles. The third-order valence-electron chi connectivity index (χ3n) is 8.20. The Morgan fingerprint density at radius 3 is 2.15 bits per heavy atom. The lowest BCUT2D eigenvalue weighted by atomic mass is 10.0. The quantitative estimate of drug-likeness (QED) is 0.0323. The number of carbonyl (C=O) groups is 7. The van der Waals surface area contributed by atoms with Crippen LogP contribution in [0, 0.1) is 11.3 Å². The second kappa shape index (κ2) is 21.8. The molecule has 0 saturated carbocycles. The fraction of sp³-hybridized carbons (Fsp3) is 0.576. The van der Waals surface area contributed by atoms with Gasteiger partial charge in [-0.15, -0.1) is 0 Å². The van der Waals surface area contributed by atoms with Gasteiger partial charge in [-0.3, -0.25) is 39.0 Å². The number of primary amides is 1. The number of benzene rings is 1. The number of phenolic OH excluding ortho intramolecular Hbond substituents is 1. The van der Waals surface area contributed by atoms with Gasteiger partial charge in [0.1, 0.15) is 36.0 Å². The second-order valence-electron chi connectivity index (χ2n) is 13.1. The van der Waals surface area contributed by atoms with Gasteiger partial charge in [0, 0.05) is 19.5 Å². The first-order valence-electron chi connectivity index (χ1n) is 17.3. The van der Waals surface area contributed by atoms with Crippen molar-refractivity contribution < 1.29 is 43.8 Å². The monoisotopic (exact) mass is 747 g/mol. The Morgan fingerprint density at radius 1 is 0.887 bits per heavy atom. The topological polar surface area (TPSA) is 337 Å². The minimum atomic E-state index is -1.31. The van der Waals surface area contributed by atoms with Crippen LogP contribution in [0.5, 0.6) is 5.75 Å². The number of hydrogen-bond acceptors (Lipinski definition) is 11. The average molecular weight is 748 g/mol. The molecule has 1 aromatic rings. The zero-order chi connectivity index (χ0) is 39.7. The van der Waals surface area contributed by atoms with Crippen molar-refractivity contribution in [2.45, 2.75) is 82.6 Å². The van der Waals surface area contributed by atoms with E-state index in [0.717, 1.165) is 0 Å². The van der Waals surface area contributed by atoms with Crippen molar-refractivity contribution in [3.8, 4) is 5.75 Å². The predicted molar refractivity (Wildman–Crippen MR) is 191 cm³/mol. The predicted octanol–water partition coefficient (Wildman–Crippen LogP) is -4.27. The van der Waals surface area contributed by atoms with Crippen molar-refractivity contribution in [2.75, 3.05) is 32.8 Å². The van der Waals surface area contributed by atoms with E-state index in [0.29, 0.717) is 24.8 Å². The van der Waals surface area contributed by atoms with Crippen molar-refractivity contribution in [3.63, 3.8) is 0 Å². The Hall–Kier alpha value is -5.50. The fourth-order valence-electron chi connectivity index (χ4n) is 5.53. The first kappa shape index (κ1) is 43.7. The lowest BCUT2D eigenvalue weighted by molar-refractivity contribution is -0.142. The number of carbonyl (C=O) groups excluding carboxylic acids is 7. The molecule has 1 heterocycles. The highest BCUT2D eigenvalue weighted by molar-refractivity contribution is 5.96. The van der Waals surface area contributed by atoms with Gasteiger partial charge in [0.2, 0.25) is 41.4 Å². The van der Waals surface area contributed by atoms with E-state index in [1.54, 1.807) is 0 Å². The molecule has 7 amide bonds. The highest BCUT2D eigenvalue weighted by atomic mass is 16.3. The first-order valence-corrected chi connectivity index (χ1v) is 17.3. The molecule has 1 aromatic carbocycles. The van der Waals surface area contributed by atoms with Gasteiger partial charge in [-0.25, -0.2) is 0 Å². The maximum atomic E-state index is 13.8. The van der Waals surface area contributed by atoms with Crippen molar-refractivity contribution in [3.05, 3.63) is 29.8 Å². The second-order valence-corrected chi connectivity index (χ2v) is 13.1. The van der Waals surface area contributed by atoms with E-state index in [1.807, 2.05) is 13.8 Å². The van der Waals surface area contributed by atoms with Crippen molar-refractivity contribution in [2.24, 2.45) is 23.1 Å². The molecule has 20 nitrogen and oxygen atoms in total. The highest BCUT2D eigenvalue weighted by Crippen LogP contribution is 2.20. The number of hydrogen-bond donors (Lipinski definition) is 12. The number of nitrogens with zero attached hydrogens (tertiary/aromatic N) is 1. The molecule has 5 unspecified atom stereocenters. The maximum Gasteiger partial charge on any atom is 0.245 e. The zero-order valence-electron chi connectivity index (χ0n) is 30.0. The molecular formula is C33H53N11O9. The van der Waals surface area contributed by atoms with Crippen LogP contribution < -0.4 is 49.1 Å². The number of aliphatic hydroxyl groups excluding tert-OH is 1. The molecule has 0 radical (unpaired) electrons. The molecule has 53 heavy (non-hydrogen) atoms. The van der Waals surface area contributed by atoms with Gasteiger partial charge in [0.15, 0.2) is 5.96 Å². The van der Waals surface area contributed by atoms with Gasteiger partial charge < -0.3 is 64.2 Å². The summed E-state index contributed by atoms with van der Waals surface area (Å²) in [6.45, 7) is 2.39. The number of nitrogens with one attached hydrogen (secondary N) is 7. The highest BCUT2D eigenvalue weighted by Gasteiger charge is 2.38. The van der Waals surface area contributed by atoms with E-state index in [2.05, 4.69) is 31.9 Å². The minimum absolute atomic E-state index is 0.0110. The number of guanidine groups is 1. The third kappa shape index (κ3) is 15.3. The maximum absolute atomic E-state index is 13.8. The number of aromatic hydroxyl groups is 1. The number of aliphatic hydroxyl groups is 1. The largest absolute Gasteiger partial charge is 0.508 e. The van der Waals surface area contributed by atoms with Gasteiger partial charge in [-0.2, -0.15) is 0 Å². The van der Waals surface area contributed by atoms with Crippen LogP contribution in [0.15, 0.2) is 24.3 Å². The number of nitrogens with two attached hydrogens (primary N) is 3. The summed E-state index contributed by atoms with van der Waals surface area (Å²) in [5.41, 5.74) is 16.7. The minimum Gasteiger partial charge on any atom is -0.508 e. The van der Waals surface area contributed by atoms with Gasteiger partial charge in [0.05, 0.1) is 19.7 Å². The molecule has 1 fully saturated rings. The summed E-state index contributed by atoms with van der Waals surface area (Å²) in [5, 5.41) is 41.4. The third-order valence-corrected chi connectivity index (χ3v) is 8.20. The van der Waals surface area contributed by atoms with E-state index in [-0.39, 0.29) is 50.0 Å². The molecular weight excluding hydrogens is 694 g/mol. The number of amides is 7. The summed E-state index contributed by atoms with van der Waals surface area (Å²) in [4.78, 5) is 91.5. The lowest BCUT2D eigenvalue weighted by Crippen LogP contribution is -2.58. The molecule has 0 spiro atoms. The summed E-state index contributed by atoms with van der Waals surface area (Å²) in [6, 6.07) is 0.166. The van der Waals surface area contributed by atoms with Crippen molar-refractivity contribution in [1.29, 1.82) is 5.41 Å². The standard InChI is InChI=1S/C33H53N11O9/c1-18(2)13-23(41-27(48)16-40-29(50)24(43-28(49)21(34)17-45)14-19-7-9-20(46)10-8-19)30(51)42-22(5-3-11-38-33(36)37)32(53)44-12-4-6-25(44)31(52)39-15-26(35)47/h7-10,18,21-25,45-46H,3-6,11-17,34H2,1-2H3,(H2,35,47)(H,39,52)(H,40,50)(H,41,48)(H,42,51)(H,43,49)(H4,36,37,38). The summed E-state index contributed by atoms with van der Waals surface area (Å²) in [5.74, 6) is -5.28. The Labute approximate surface area is 307 Å². The molecule has 5 atom stereocenters. The molecule has 15 N–H and O–H groups in total. The van der Waals surface area contributed by atoms with E-state index < -0.39 is 91.3 Å². The summed E-state index contributed by atoms with van der Waals surface area (Å²) in [6.07, 6.45) is 1.31. The number of likely N-dealkylation sites (tertiary alicyclic amines) is 1. The van der Waals surface area contributed by atoms with Crippen LogP contribution >= 0.6 is 0 Å².